The van der Waals surface area contributed by atoms with Crippen LogP contribution >= 0.6 is 11.3 Å². The van der Waals surface area contributed by atoms with Gasteiger partial charge in [0.15, 0.2) is 0 Å². The minimum Gasteiger partial charge on any atom is -0.341 e. The molecule has 4 rings (SSSR count). The highest BCUT2D eigenvalue weighted by Crippen LogP contribution is 2.37. The Morgan fingerprint density at radius 3 is 2.39 bits per heavy atom. The van der Waals surface area contributed by atoms with E-state index in [0.29, 0.717) is 23.5 Å². The number of sulfonamides is 1. The number of anilines is 1. The van der Waals surface area contributed by atoms with Crippen LogP contribution in [-0.4, -0.2) is 68.7 Å². The number of thiophene rings is 1. The number of amides is 4. The molecule has 1 aliphatic heterocycles. The zero-order chi connectivity index (χ0) is 27.4. The molecule has 1 aliphatic carbocycles. The summed E-state index contributed by atoms with van der Waals surface area (Å²) in [6.07, 6.45) is 5.52. The number of fused-ring (bicyclic) bond motifs is 1. The molecular formula is C26H35N5O5S2. The third-order valence-corrected chi connectivity index (χ3v) is 10.4. The number of imide groups is 1. The monoisotopic (exact) mass is 561 g/mol. The van der Waals surface area contributed by atoms with Crippen LogP contribution in [0.5, 0.6) is 0 Å². The fourth-order valence-electron chi connectivity index (χ4n) is 5.04. The summed E-state index contributed by atoms with van der Waals surface area (Å²) < 4.78 is 27.7. The maximum atomic E-state index is 13.2. The van der Waals surface area contributed by atoms with Gasteiger partial charge in [0.2, 0.25) is 10.0 Å². The van der Waals surface area contributed by atoms with Crippen molar-refractivity contribution in [1.29, 1.82) is 0 Å². The van der Waals surface area contributed by atoms with Crippen molar-refractivity contribution in [2.75, 3.05) is 32.5 Å². The molecule has 0 spiro atoms. The maximum absolute atomic E-state index is 13.2. The lowest BCUT2D eigenvalue weighted by Crippen LogP contribution is -2.38. The topological polar surface area (TPSA) is 128 Å². The number of hydrogen-bond donors (Lipinski definition) is 3. The van der Waals surface area contributed by atoms with Gasteiger partial charge in [0.1, 0.15) is 5.00 Å². The molecule has 2 aliphatic rings. The van der Waals surface area contributed by atoms with Crippen LogP contribution < -0.4 is 16.0 Å². The second-order valence-electron chi connectivity index (χ2n) is 9.65. The van der Waals surface area contributed by atoms with E-state index >= 15 is 0 Å². The van der Waals surface area contributed by atoms with Crippen LogP contribution in [0.2, 0.25) is 0 Å². The van der Waals surface area contributed by atoms with Crippen LogP contribution in [0.25, 0.3) is 0 Å². The van der Waals surface area contributed by atoms with Crippen molar-refractivity contribution in [2.45, 2.75) is 62.9 Å². The van der Waals surface area contributed by atoms with Crippen molar-refractivity contribution in [3.8, 4) is 0 Å². The average Bonchev–Trinajstić information content (AvgIpc) is 3.29. The van der Waals surface area contributed by atoms with E-state index in [-0.39, 0.29) is 16.5 Å². The molecule has 1 fully saturated rings. The molecule has 206 valence electrons. The summed E-state index contributed by atoms with van der Waals surface area (Å²) in [5.41, 5.74) is 1.40. The first-order valence-electron chi connectivity index (χ1n) is 12.9. The highest BCUT2D eigenvalue weighted by atomic mass is 32.2. The third kappa shape index (κ3) is 5.93. The molecule has 1 saturated carbocycles. The molecule has 0 unspecified atom stereocenters. The van der Waals surface area contributed by atoms with Gasteiger partial charge >= 0.3 is 6.03 Å². The van der Waals surface area contributed by atoms with Crippen LogP contribution in [0.3, 0.4) is 0 Å². The van der Waals surface area contributed by atoms with Gasteiger partial charge < -0.3 is 10.6 Å². The van der Waals surface area contributed by atoms with Gasteiger partial charge in [-0.1, -0.05) is 26.2 Å². The highest BCUT2D eigenvalue weighted by Gasteiger charge is 2.31. The average molecular weight is 562 g/mol. The Hall–Kier alpha value is -2.80. The molecule has 0 radical (unpaired) electrons. The number of nitrogens with one attached hydrogen (secondary N) is 3. The number of carbonyl (C=O) groups excluding carboxylic acids is 3. The first-order valence-corrected chi connectivity index (χ1v) is 15.2. The van der Waals surface area contributed by atoms with Crippen LogP contribution in [-0.2, 0) is 23.0 Å². The zero-order valence-corrected chi connectivity index (χ0v) is 23.6. The molecule has 0 bridgehead atoms. The highest BCUT2D eigenvalue weighted by molar-refractivity contribution is 7.89. The molecule has 2 aromatic rings. The molecule has 2 heterocycles. The first kappa shape index (κ1) is 28.2. The van der Waals surface area contributed by atoms with Crippen molar-refractivity contribution < 1.29 is 22.8 Å². The quantitative estimate of drug-likeness (QED) is 0.476. The Labute approximate surface area is 227 Å². The van der Waals surface area contributed by atoms with Gasteiger partial charge in [0, 0.05) is 43.7 Å². The van der Waals surface area contributed by atoms with E-state index in [2.05, 4.69) is 27.8 Å². The number of likely N-dealkylation sites (N-methyl/N-ethyl adjacent to an activating group) is 1. The molecule has 0 saturated heterocycles. The molecule has 1 aromatic carbocycles. The van der Waals surface area contributed by atoms with Crippen molar-refractivity contribution in [1.82, 2.24) is 19.8 Å². The van der Waals surface area contributed by atoms with Gasteiger partial charge in [-0.15, -0.1) is 11.3 Å². The largest absolute Gasteiger partial charge is 0.341 e. The lowest BCUT2D eigenvalue weighted by atomic mass is 9.96. The van der Waals surface area contributed by atoms with Crippen molar-refractivity contribution in [3.63, 3.8) is 0 Å². The lowest BCUT2D eigenvalue weighted by molar-refractivity contribution is 0.0964. The van der Waals surface area contributed by atoms with Crippen LogP contribution in [0.1, 0.15) is 70.2 Å². The normalized spacial score (nSPS) is 16.6. The fourth-order valence-corrected chi connectivity index (χ4v) is 7.74. The Morgan fingerprint density at radius 1 is 1.08 bits per heavy atom. The van der Waals surface area contributed by atoms with E-state index < -0.39 is 27.9 Å². The smallest absolute Gasteiger partial charge is 0.321 e. The van der Waals surface area contributed by atoms with Crippen LogP contribution in [0.4, 0.5) is 9.80 Å². The van der Waals surface area contributed by atoms with Gasteiger partial charge in [0.25, 0.3) is 11.8 Å². The van der Waals surface area contributed by atoms with E-state index in [1.807, 2.05) is 0 Å². The lowest BCUT2D eigenvalue weighted by Gasteiger charge is -2.30. The Morgan fingerprint density at radius 2 is 1.76 bits per heavy atom. The van der Waals surface area contributed by atoms with Gasteiger partial charge in [-0.05, 0) is 55.6 Å². The van der Waals surface area contributed by atoms with Crippen molar-refractivity contribution >= 4 is 44.2 Å². The number of hydrogen-bond acceptors (Lipinski definition) is 7. The molecule has 0 atom stereocenters. The number of benzene rings is 1. The molecule has 10 nitrogen and oxygen atoms in total. The predicted molar refractivity (Wildman–Crippen MR) is 147 cm³/mol. The summed E-state index contributed by atoms with van der Waals surface area (Å²) in [7, 11) is -0.632. The van der Waals surface area contributed by atoms with E-state index in [1.54, 1.807) is 7.05 Å². The Balaban J connectivity index is 1.55. The molecule has 3 N–H and O–H groups in total. The fraction of sp³-hybridized carbons (Fsp3) is 0.500. The summed E-state index contributed by atoms with van der Waals surface area (Å²) in [5, 5.41) is 7.87. The second kappa shape index (κ2) is 11.9. The zero-order valence-electron chi connectivity index (χ0n) is 22.0. The number of nitrogens with zero attached hydrogens (tertiary/aromatic N) is 2. The SMILES string of the molecule is CCN1CCc2c(sc(NC(=O)c3ccc(S(=O)(=O)N(C)C4CCCCC4)cc3)c2C(=O)NC(=O)NC)C1. The van der Waals surface area contributed by atoms with Crippen molar-refractivity contribution in [2.24, 2.45) is 0 Å². The summed E-state index contributed by atoms with van der Waals surface area (Å²) >= 11 is 1.33. The van der Waals surface area contributed by atoms with E-state index in [1.165, 1.54) is 47.0 Å². The van der Waals surface area contributed by atoms with Gasteiger partial charge in [-0.2, -0.15) is 4.31 Å². The van der Waals surface area contributed by atoms with Gasteiger partial charge in [-0.25, -0.2) is 13.2 Å². The number of carbonyl (C=O) groups is 3. The molecule has 1 aromatic heterocycles. The molecule has 12 heteroatoms. The third-order valence-electron chi connectivity index (χ3n) is 7.37. The minimum atomic E-state index is -3.67. The summed E-state index contributed by atoms with van der Waals surface area (Å²) in [5.74, 6) is -1.04. The van der Waals surface area contributed by atoms with E-state index in [9.17, 15) is 22.8 Å². The second-order valence-corrected chi connectivity index (χ2v) is 12.8. The number of urea groups is 1. The number of rotatable bonds is 7. The van der Waals surface area contributed by atoms with Crippen LogP contribution in [0, 0.1) is 0 Å². The van der Waals surface area contributed by atoms with Gasteiger partial charge in [0.05, 0.1) is 10.5 Å². The summed E-state index contributed by atoms with van der Waals surface area (Å²) in [6, 6.07) is 5.21. The Kier molecular flexibility index (Phi) is 8.86. The van der Waals surface area contributed by atoms with E-state index in [0.717, 1.165) is 55.6 Å². The summed E-state index contributed by atoms with van der Waals surface area (Å²) in [6.45, 7) is 4.37. The summed E-state index contributed by atoms with van der Waals surface area (Å²) in [4.78, 5) is 41.3. The maximum Gasteiger partial charge on any atom is 0.321 e. The van der Waals surface area contributed by atoms with Crippen molar-refractivity contribution in [3.05, 3.63) is 45.8 Å². The Bertz CT molecular complexity index is 1300. The first-order chi connectivity index (χ1) is 18.1. The van der Waals surface area contributed by atoms with Gasteiger partial charge in [-0.3, -0.25) is 19.8 Å². The minimum absolute atomic E-state index is 0.00965. The predicted octanol–water partition coefficient (Wildman–Crippen LogP) is 3.40. The van der Waals surface area contributed by atoms with E-state index in [4.69, 9.17) is 0 Å². The standard InChI is InChI=1S/C26H35N5O5S2/c1-4-31-15-14-20-21(16-31)37-25(22(20)24(33)29-26(34)27-2)28-23(32)17-10-12-19(13-11-17)38(35,36)30(3)18-8-6-5-7-9-18/h10-13,18H,4-9,14-16H2,1-3H3,(H,28,32)(H2,27,29,33,34). The van der Waals surface area contributed by atoms with Crippen LogP contribution in [0.15, 0.2) is 29.2 Å². The molecule has 38 heavy (non-hydrogen) atoms. The molecule has 4 amide bonds. The molecular weight excluding hydrogens is 526 g/mol.